The third-order valence-corrected chi connectivity index (χ3v) is 8.57. The number of carbonyl (C=O) groups is 2. The van der Waals surface area contributed by atoms with Crippen molar-refractivity contribution >= 4 is 11.9 Å². The van der Waals surface area contributed by atoms with Crippen LogP contribution in [0.25, 0.3) is 0 Å². The van der Waals surface area contributed by atoms with Crippen LogP contribution in [0.1, 0.15) is 206 Å². The molecule has 0 saturated carbocycles. The summed E-state index contributed by atoms with van der Waals surface area (Å²) in [4.78, 5) is 23.3. The summed E-state index contributed by atoms with van der Waals surface area (Å²) in [5.74, 6) is -0.761. The van der Waals surface area contributed by atoms with E-state index in [1.54, 1.807) is 0 Å². The first-order chi connectivity index (χ1) is 22.1. The number of hydrogen-bond donors (Lipinski definition) is 1. The van der Waals surface area contributed by atoms with E-state index in [2.05, 4.69) is 50.3 Å². The highest BCUT2D eigenvalue weighted by Gasteiger charge is 2.11. The molecular weight excluding hydrogens is 556 g/mol. The zero-order chi connectivity index (χ0) is 32.9. The van der Waals surface area contributed by atoms with E-state index in [9.17, 15) is 9.59 Å². The maximum atomic E-state index is 12.6. The van der Waals surface area contributed by atoms with E-state index in [1.165, 1.54) is 109 Å². The van der Waals surface area contributed by atoms with Gasteiger partial charge >= 0.3 is 11.9 Å². The van der Waals surface area contributed by atoms with Gasteiger partial charge in [-0.05, 0) is 76.7 Å². The predicted molar refractivity (Wildman–Crippen MR) is 195 cm³/mol. The third-order valence-electron chi connectivity index (χ3n) is 8.57. The van der Waals surface area contributed by atoms with Crippen LogP contribution >= 0.6 is 0 Å². The van der Waals surface area contributed by atoms with Gasteiger partial charge in [0.25, 0.3) is 0 Å². The molecule has 0 aliphatic heterocycles. The summed E-state index contributed by atoms with van der Waals surface area (Å²) < 4.78 is 5.90. The van der Waals surface area contributed by atoms with E-state index < -0.39 is 5.97 Å². The summed E-state index contributed by atoms with van der Waals surface area (Å²) in [6.07, 6.45) is 47.5. The Kier molecular flexibility index (Phi) is 35.1. The highest BCUT2D eigenvalue weighted by molar-refractivity contribution is 5.69. The first-order valence-electron chi connectivity index (χ1n) is 19.5. The molecular formula is C41H74O4. The summed E-state index contributed by atoms with van der Waals surface area (Å²) in [6.45, 7) is 4.52. The summed E-state index contributed by atoms with van der Waals surface area (Å²) in [5, 5.41) is 8.77. The molecule has 0 aromatic rings. The van der Waals surface area contributed by atoms with Crippen LogP contribution in [0, 0.1) is 0 Å². The molecule has 0 aromatic heterocycles. The van der Waals surface area contributed by atoms with Crippen LogP contribution in [0.3, 0.4) is 0 Å². The minimum absolute atomic E-state index is 0.0578. The highest BCUT2D eigenvalue weighted by atomic mass is 16.5. The highest BCUT2D eigenvalue weighted by Crippen LogP contribution is 2.15. The Bertz CT molecular complexity index is 723. The number of rotatable bonds is 35. The molecule has 0 saturated heterocycles. The molecule has 4 nitrogen and oxygen atoms in total. The van der Waals surface area contributed by atoms with Crippen LogP contribution in [-0.4, -0.2) is 23.1 Å². The molecule has 0 spiro atoms. The van der Waals surface area contributed by atoms with Crippen molar-refractivity contribution in [3.8, 4) is 0 Å². The van der Waals surface area contributed by atoms with Gasteiger partial charge in [0.1, 0.15) is 6.10 Å². The Morgan fingerprint density at radius 3 is 1.47 bits per heavy atom. The zero-order valence-corrected chi connectivity index (χ0v) is 29.9. The van der Waals surface area contributed by atoms with Gasteiger partial charge < -0.3 is 9.84 Å². The maximum absolute atomic E-state index is 12.6. The number of unbranched alkanes of at least 4 members (excludes halogenated alkanes) is 22. The number of allylic oxidation sites excluding steroid dienone is 5. The fourth-order valence-corrected chi connectivity index (χ4v) is 5.66. The second-order valence-corrected chi connectivity index (χ2v) is 13.1. The average Bonchev–Trinajstić information content (AvgIpc) is 3.02. The van der Waals surface area contributed by atoms with Crippen LogP contribution in [0.15, 0.2) is 36.5 Å². The smallest absolute Gasteiger partial charge is 0.306 e. The Labute approximate surface area is 279 Å². The molecule has 0 aliphatic carbocycles. The summed E-state index contributed by atoms with van der Waals surface area (Å²) in [6, 6.07) is 0. The van der Waals surface area contributed by atoms with E-state index >= 15 is 0 Å². The largest absolute Gasteiger partial charge is 0.481 e. The quantitative estimate of drug-likeness (QED) is 0.0430. The van der Waals surface area contributed by atoms with Crippen LogP contribution < -0.4 is 0 Å². The molecule has 0 bridgehead atoms. The lowest BCUT2D eigenvalue weighted by Crippen LogP contribution is -2.16. The normalized spacial score (nSPS) is 12.6. The number of aliphatic carboxylic acids is 1. The van der Waals surface area contributed by atoms with Crippen LogP contribution in [0.4, 0.5) is 0 Å². The van der Waals surface area contributed by atoms with Crippen molar-refractivity contribution < 1.29 is 19.4 Å². The number of esters is 1. The van der Waals surface area contributed by atoms with Crippen molar-refractivity contribution in [2.75, 3.05) is 0 Å². The molecule has 0 aromatic carbocycles. The Balaban J connectivity index is 4.07. The minimum Gasteiger partial charge on any atom is -0.481 e. The van der Waals surface area contributed by atoms with Crippen molar-refractivity contribution in [3.63, 3.8) is 0 Å². The van der Waals surface area contributed by atoms with Gasteiger partial charge in [-0.2, -0.15) is 0 Å². The molecule has 0 aliphatic rings. The van der Waals surface area contributed by atoms with Crippen molar-refractivity contribution in [2.24, 2.45) is 0 Å². The molecule has 0 rings (SSSR count). The van der Waals surface area contributed by atoms with Gasteiger partial charge in [-0.3, -0.25) is 9.59 Å². The summed E-state index contributed by atoms with van der Waals surface area (Å²) in [5.41, 5.74) is 0. The summed E-state index contributed by atoms with van der Waals surface area (Å²) >= 11 is 0. The third kappa shape index (κ3) is 36.5. The van der Waals surface area contributed by atoms with E-state index in [4.69, 9.17) is 9.84 Å². The number of ether oxygens (including phenoxy) is 1. The van der Waals surface area contributed by atoms with Crippen molar-refractivity contribution in [2.45, 2.75) is 213 Å². The number of carbonyl (C=O) groups excluding carboxylic acids is 1. The zero-order valence-electron chi connectivity index (χ0n) is 29.9. The van der Waals surface area contributed by atoms with Crippen LogP contribution in [-0.2, 0) is 14.3 Å². The maximum Gasteiger partial charge on any atom is 0.306 e. The fraction of sp³-hybridized carbons (Fsp3) is 0.805. The van der Waals surface area contributed by atoms with Crippen LogP contribution in [0.5, 0.6) is 0 Å². The lowest BCUT2D eigenvalue weighted by atomic mass is 10.1. The van der Waals surface area contributed by atoms with Gasteiger partial charge in [0.05, 0.1) is 0 Å². The number of hydrogen-bond acceptors (Lipinski definition) is 3. The molecule has 0 radical (unpaired) electrons. The standard InChI is InChI=1S/C41H74O4/c1-3-5-7-9-11-13-14-15-16-17-18-19-20-22-24-30-34-38-41(44)45-39(35-31-27-23-21-12-10-8-6-4-2)36-32-28-25-26-29-33-37-40(42)43/h15-16,21,23,31,35,39H,3-14,17-20,22,24-30,32-34,36-38H2,1-2H3,(H,42,43)/b16-15-,23-21-,35-31-. The predicted octanol–water partition coefficient (Wildman–Crippen LogP) is 13.4. The Hall–Kier alpha value is -1.84. The average molecular weight is 631 g/mol. The Morgan fingerprint density at radius 1 is 0.511 bits per heavy atom. The fourth-order valence-electron chi connectivity index (χ4n) is 5.66. The second kappa shape index (κ2) is 36.6. The lowest BCUT2D eigenvalue weighted by molar-refractivity contribution is -0.147. The van der Waals surface area contributed by atoms with Gasteiger partial charge in [0, 0.05) is 12.8 Å². The van der Waals surface area contributed by atoms with Gasteiger partial charge in [-0.15, -0.1) is 0 Å². The van der Waals surface area contributed by atoms with E-state index in [1.807, 2.05) is 0 Å². The molecule has 1 atom stereocenters. The van der Waals surface area contributed by atoms with Crippen molar-refractivity contribution in [1.82, 2.24) is 0 Å². The summed E-state index contributed by atoms with van der Waals surface area (Å²) in [7, 11) is 0. The molecule has 45 heavy (non-hydrogen) atoms. The molecule has 0 heterocycles. The van der Waals surface area contributed by atoms with E-state index in [-0.39, 0.29) is 18.5 Å². The van der Waals surface area contributed by atoms with Gasteiger partial charge in [0.2, 0.25) is 0 Å². The van der Waals surface area contributed by atoms with E-state index in [0.717, 1.165) is 70.6 Å². The molecule has 1 unspecified atom stereocenters. The molecule has 0 amide bonds. The van der Waals surface area contributed by atoms with Crippen LogP contribution in [0.2, 0.25) is 0 Å². The Morgan fingerprint density at radius 2 is 0.933 bits per heavy atom. The van der Waals surface area contributed by atoms with Crippen molar-refractivity contribution in [1.29, 1.82) is 0 Å². The van der Waals surface area contributed by atoms with Gasteiger partial charge in [-0.25, -0.2) is 0 Å². The molecule has 1 N–H and O–H groups in total. The topological polar surface area (TPSA) is 63.6 Å². The van der Waals surface area contributed by atoms with Gasteiger partial charge in [0.15, 0.2) is 0 Å². The first kappa shape index (κ1) is 43.2. The number of carboxylic acid groups (broad SMARTS) is 1. The van der Waals surface area contributed by atoms with Gasteiger partial charge in [-0.1, -0.05) is 153 Å². The van der Waals surface area contributed by atoms with E-state index in [0.29, 0.717) is 6.42 Å². The first-order valence-corrected chi connectivity index (χ1v) is 19.5. The molecule has 0 fully saturated rings. The number of carboxylic acids is 1. The monoisotopic (exact) mass is 631 g/mol. The van der Waals surface area contributed by atoms with Crippen molar-refractivity contribution in [3.05, 3.63) is 36.5 Å². The molecule has 262 valence electrons. The molecule has 4 heteroatoms. The minimum atomic E-state index is -0.703. The SMILES string of the molecule is CCCCCC/C=C\C/C=C\C(CCCCCCCCC(=O)O)OC(=O)CCCCCCCCC/C=C\CCCCCCCC. The second-order valence-electron chi connectivity index (χ2n) is 13.1. The lowest BCUT2D eigenvalue weighted by Gasteiger charge is -2.14.